The van der Waals surface area contributed by atoms with Gasteiger partial charge in [0, 0.05) is 6.04 Å². The molecule has 1 amide bonds. The lowest BCUT2D eigenvalue weighted by Crippen LogP contribution is -2.42. The van der Waals surface area contributed by atoms with Crippen molar-refractivity contribution in [3.63, 3.8) is 0 Å². The zero-order valence-corrected chi connectivity index (χ0v) is 14.1. The molecule has 2 aromatic rings. The van der Waals surface area contributed by atoms with E-state index in [-0.39, 0.29) is 23.4 Å². The first-order chi connectivity index (χ1) is 11.1. The zero-order chi connectivity index (χ0) is 16.0. The van der Waals surface area contributed by atoms with Crippen molar-refractivity contribution in [3.05, 3.63) is 33.9 Å². The highest BCUT2D eigenvalue weighted by Gasteiger charge is 2.42. The number of hydrogen-bond donors (Lipinski definition) is 1. The predicted octanol–water partition coefficient (Wildman–Crippen LogP) is 3.00. The van der Waals surface area contributed by atoms with E-state index in [1.54, 1.807) is 4.57 Å². The van der Waals surface area contributed by atoms with Gasteiger partial charge in [-0.05, 0) is 56.1 Å². The van der Waals surface area contributed by atoms with Crippen molar-refractivity contribution in [2.75, 3.05) is 0 Å². The topological polar surface area (TPSA) is 51.1 Å². The first-order valence-corrected chi connectivity index (χ1v) is 9.31. The highest BCUT2D eigenvalue weighted by atomic mass is 32.1. The van der Waals surface area contributed by atoms with E-state index in [0.717, 1.165) is 22.1 Å². The first-order valence-electron chi connectivity index (χ1n) is 8.49. The fraction of sp³-hybridized carbons (Fsp3) is 0.556. The molecule has 2 aliphatic carbocycles. The average Bonchev–Trinajstić information content (AvgIpc) is 3.22. The highest BCUT2D eigenvalue weighted by Crippen LogP contribution is 2.49. The molecule has 4 nitrogen and oxygen atoms in total. The molecule has 0 aliphatic heterocycles. The number of amides is 1. The number of thiazole rings is 1. The Labute approximate surface area is 139 Å². The number of hydrogen-bond acceptors (Lipinski definition) is 3. The lowest BCUT2D eigenvalue weighted by molar-refractivity contribution is -0.122. The van der Waals surface area contributed by atoms with Gasteiger partial charge in [-0.25, -0.2) is 0 Å². The van der Waals surface area contributed by atoms with E-state index in [1.165, 1.54) is 37.0 Å². The maximum atomic E-state index is 12.4. The predicted molar refractivity (Wildman–Crippen MR) is 92.6 cm³/mol. The van der Waals surface area contributed by atoms with Crippen LogP contribution < -0.4 is 10.2 Å². The van der Waals surface area contributed by atoms with Gasteiger partial charge in [-0.15, -0.1) is 0 Å². The molecular weight excluding hydrogens is 308 g/mol. The quantitative estimate of drug-likeness (QED) is 0.937. The smallest absolute Gasteiger partial charge is 0.308 e. The molecule has 1 heterocycles. The Balaban J connectivity index is 1.45. The number of benzene rings is 1. The molecule has 1 aromatic carbocycles. The molecular formula is C18H22N2O2S. The van der Waals surface area contributed by atoms with Crippen LogP contribution in [-0.4, -0.2) is 16.5 Å². The summed E-state index contributed by atoms with van der Waals surface area (Å²) in [6, 6.07) is 7.85. The maximum absolute atomic E-state index is 12.4. The van der Waals surface area contributed by atoms with Crippen LogP contribution in [0.1, 0.15) is 32.6 Å². The van der Waals surface area contributed by atoms with Gasteiger partial charge in [-0.3, -0.25) is 14.2 Å². The van der Waals surface area contributed by atoms with Crippen LogP contribution in [0.3, 0.4) is 0 Å². The van der Waals surface area contributed by atoms with Gasteiger partial charge < -0.3 is 5.32 Å². The average molecular weight is 330 g/mol. The monoisotopic (exact) mass is 330 g/mol. The van der Waals surface area contributed by atoms with Crippen LogP contribution in [0.5, 0.6) is 0 Å². The largest absolute Gasteiger partial charge is 0.352 e. The standard InChI is InChI=1S/C18H22N2O2S/c1-11(14-9-12-6-7-13(14)8-12)19-17(21)10-20-15-4-2-3-5-16(15)23-18(20)22/h2-5,11-14H,6-10H2,1H3,(H,19,21)/t11-,12-,13-,14-/m0/s1. The van der Waals surface area contributed by atoms with Crippen LogP contribution in [0.15, 0.2) is 29.1 Å². The van der Waals surface area contributed by atoms with Crippen molar-refractivity contribution in [1.82, 2.24) is 9.88 Å². The van der Waals surface area contributed by atoms with Gasteiger partial charge in [0.05, 0.1) is 10.2 Å². The fourth-order valence-electron chi connectivity index (χ4n) is 4.62. The summed E-state index contributed by atoms with van der Waals surface area (Å²) in [6.45, 7) is 2.24. The summed E-state index contributed by atoms with van der Waals surface area (Å²) >= 11 is 1.20. The lowest BCUT2D eigenvalue weighted by atomic mass is 9.84. The van der Waals surface area contributed by atoms with Crippen LogP contribution in [0.25, 0.3) is 10.2 Å². The molecule has 0 unspecified atom stereocenters. The molecule has 4 rings (SSSR count). The zero-order valence-electron chi connectivity index (χ0n) is 13.3. The number of aromatic nitrogens is 1. The van der Waals surface area contributed by atoms with Crippen molar-refractivity contribution in [2.24, 2.45) is 17.8 Å². The maximum Gasteiger partial charge on any atom is 0.308 e. The summed E-state index contributed by atoms with van der Waals surface area (Å²) < 4.78 is 2.52. The lowest BCUT2D eigenvalue weighted by Gasteiger charge is -2.28. The first kappa shape index (κ1) is 14.9. The van der Waals surface area contributed by atoms with Gasteiger partial charge >= 0.3 is 4.87 Å². The molecule has 0 spiro atoms. The molecule has 2 fully saturated rings. The van der Waals surface area contributed by atoms with Gasteiger partial charge in [0.2, 0.25) is 5.91 Å². The van der Waals surface area contributed by atoms with Crippen LogP contribution in [0, 0.1) is 17.8 Å². The van der Waals surface area contributed by atoms with Crippen LogP contribution in [0.2, 0.25) is 0 Å². The number of carbonyl (C=O) groups is 1. The third-order valence-electron chi connectivity index (χ3n) is 5.70. The Morgan fingerprint density at radius 1 is 1.35 bits per heavy atom. The summed E-state index contributed by atoms with van der Waals surface area (Å²) in [4.78, 5) is 24.5. The van der Waals surface area contributed by atoms with Crippen molar-refractivity contribution < 1.29 is 4.79 Å². The number of fused-ring (bicyclic) bond motifs is 3. The Morgan fingerprint density at radius 3 is 2.91 bits per heavy atom. The Kier molecular flexibility index (Phi) is 3.76. The Hall–Kier alpha value is -1.62. The van der Waals surface area contributed by atoms with E-state index in [2.05, 4.69) is 12.2 Å². The van der Waals surface area contributed by atoms with Crippen LogP contribution in [-0.2, 0) is 11.3 Å². The van der Waals surface area contributed by atoms with Gasteiger partial charge in [0.1, 0.15) is 6.54 Å². The number of rotatable bonds is 4. The second kappa shape index (κ2) is 5.78. The van der Waals surface area contributed by atoms with Crippen LogP contribution >= 0.6 is 11.3 Å². The molecule has 2 bridgehead atoms. The number of carbonyl (C=O) groups excluding carboxylic acids is 1. The molecule has 0 radical (unpaired) electrons. The molecule has 23 heavy (non-hydrogen) atoms. The van der Waals surface area contributed by atoms with E-state index in [1.807, 2.05) is 24.3 Å². The minimum atomic E-state index is -0.0612. The fourth-order valence-corrected chi connectivity index (χ4v) is 5.51. The third-order valence-corrected chi connectivity index (χ3v) is 6.66. The molecule has 1 aromatic heterocycles. The second-order valence-corrected chi connectivity index (χ2v) is 8.11. The normalized spacial score (nSPS) is 27.4. The van der Waals surface area contributed by atoms with Gasteiger partial charge in [-0.1, -0.05) is 29.9 Å². The van der Waals surface area contributed by atoms with Crippen molar-refractivity contribution in [3.8, 4) is 0 Å². The van der Waals surface area contributed by atoms with Crippen molar-refractivity contribution >= 4 is 27.5 Å². The molecule has 5 heteroatoms. The van der Waals surface area contributed by atoms with Gasteiger partial charge in [0.25, 0.3) is 0 Å². The summed E-state index contributed by atoms with van der Waals surface area (Å²) in [7, 11) is 0. The van der Waals surface area contributed by atoms with Crippen molar-refractivity contribution in [2.45, 2.75) is 45.2 Å². The minimum absolute atomic E-state index is 0.0501. The number of nitrogens with zero attached hydrogens (tertiary/aromatic N) is 1. The summed E-state index contributed by atoms with van der Waals surface area (Å²) in [6.07, 6.45) is 5.30. The SMILES string of the molecule is C[C@H](NC(=O)Cn1c(=O)sc2ccccc21)[C@@H]1C[C@H]2CC[C@H]1C2. The van der Waals surface area contributed by atoms with Crippen molar-refractivity contribution in [1.29, 1.82) is 0 Å². The summed E-state index contributed by atoms with van der Waals surface area (Å²) in [5, 5.41) is 3.14. The summed E-state index contributed by atoms with van der Waals surface area (Å²) in [5.41, 5.74) is 0.852. The van der Waals surface area contributed by atoms with E-state index >= 15 is 0 Å². The second-order valence-electron chi connectivity index (χ2n) is 7.12. The highest BCUT2D eigenvalue weighted by molar-refractivity contribution is 7.16. The van der Waals surface area contributed by atoms with E-state index in [4.69, 9.17) is 0 Å². The molecule has 4 atom stereocenters. The van der Waals surface area contributed by atoms with Gasteiger partial charge in [0.15, 0.2) is 0 Å². The van der Waals surface area contributed by atoms with E-state index < -0.39 is 0 Å². The molecule has 2 aliphatic rings. The van der Waals surface area contributed by atoms with Gasteiger partial charge in [-0.2, -0.15) is 0 Å². The number of para-hydroxylation sites is 1. The minimum Gasteiger partial charge on any atom is -0.352 e. The molecule has 122 valence electrons. The summed E-state index contributed by atoms with van der Waals surface area (Å²) in [5.74, 6) is 2.24. The van der Waals surface area contributed by atoms with Crippen LogP contribution in [0.4, 0.5) is 0 Å². The molecule has 1 N–H and O–H groups in total. The third kappa shape index (κ3) is 2.71. The number of nitrogens with one attached hydrogen (secondary N) is 1. The van der Waals surface area contributed by atoms with E-state index in [0.29, 0.717) is 5.92 Å². The Morgan fingerprint density at radius 2 is 2.17 bits per heavy atom. The molecule has 0 saturated heterocycles. The molecule has 2 saturated carbocycles. The Bertz CT molecular complexity index is 794. The van der Waals surface area contributed by atoms with E-state index in [9.17, 15) is 9.59 Å².